The molecule has 11 rings (SSSR count). The molecule has 0 saturated heterocycles. The lowest BCUT2D eigenvalue weighted by Crippen LogP contribution is -2.44. The Morgan fingerprint density at radius 2 is 0.540 bits per heavy atom. The summed E-state index contributed by atoms with van der Waals surface area (Å²) in [5.41, 5.74) is 10.5. The minimum atomic E-state index is -0.892. The summed E-state index contributed by atoms with van der Waals surface area (Å²) in [6.45, 7) is 12.0. The van der Waals surface area contributed by atoms with E-state index in [1.807, 2.05) is 133 Å². The Labute approximate surface area is 508 Å². The van der Waals surface area contributed by atoms with Crippen LogP contribution in [0.5, 0.6) is 0 Å². The predicted molar refractivity (Wildman–Crippen MR) is 344 cm³/mol. The van der Waals surface area contributed by atoms with E-state index in [1.54, 1.807) is 91.0 Å². The van der Waals surface area contributed by atoms with E-state index in [4.69, 9.17) is 0 Å². The van der Waals surface area contributed by atoms with Gasteiger partial charge in [-0.1, -0.05) is 132 Å². The Balaban J connectivity index is 1.17. The maximum absolute atomic E-state index is 14.4. The molecule has 0 saturated carbocycles. The number of rotatable bonds is 6. The van der Waals surface area contributed by atoms with E-state index in [2.05, 4.69) is 67.4 Å². The molecular weight excluding hydrogens is 1080 g/mol. The molecule has 12 heteroatoms. The molecule has 0 spiro atoms. The second-order valence-electron chi connectivity index (χ2n) is 23.3. The third-order valence-electron chi connectivity index (χ3n) is 14.7. The van der Waals surface area contributed by atoms with Crippen molar-refractivity contribution in [3.63, 3.8) is 0 Å². The fourth-order valence-electron chi connectivity index (χ4n) is 10.5. The minimum absolute atomic E-state index is 0.0491. The third-order valence-corrected chi connectivity index (χ3v) is 14.7. The van der Waals surface area contributed by atoms with Crippen molar-refractivity contribution in [3.8, 4) is 68.9 Å². The summed E-state index contributed by atoms with van der Waals surface area (Å²) in [7, 11) is 0. The van der Waals surface area contributed by atoms with E-state index in [0.29, 0.717) is 86.4 Å². The molecule has 0 radical (unpaired) electrons. The van der Waals surface area contributed by atoms with Gasteiger partial charge in [0.25, 0.3) is 17.7 Å². The highest BCUT2D eigenvalue weighted by atomic mass is 16.2. The zero-order valence-corrected chi connectivity index (χ0v) is 49.4. The molecule has 0 fully saturated rings. The third kappa shape index (κ3) is 15.7. The van der Waals surface area contributed by atoms with Gasteiger partial charge in [0.2, 0.25) is 17.7 Å². The molecule has 432 valence electrons. The second kappa shape index (κ2) is 26.9. The summed E-state index contributed by atoms with van der Waals surface area (Å²) in [6, 6.07) is 52.1. The van der Waals surface area contributed by atoms with Crippen molar-refractivity contribution >= 4 is 52.5 Å². The quantitative estimate of drug-likeness (QED) is 0.0904. The van der Waals surface area contributed by atoms with Crippen LogP contribution in [0.1, 0.15) is 125 Å². The van der Waals surface area contributed by atoms with E-state index in [1.165, 1.54) is 0 Å². The van der Waals surface area contributed by atoms with Gasteiger partial charge >= 0.3 is 0 Å². The minimum Gasteiger partial charge on any atom is -0.340 e. The van der Waals surface area contributed by atoms with E-state index >= 15 is 0 Å². The van der Waals surface area contributed by atoms with Crippen LogP contribution in [-0.4, -0.2) is 53.6 Å². The lowest BCUT2D eigenvalue weighted by atomic mass is 9.92. The monoisotopic (exact) mass is 1150 g/mol. The molecule has 8 aromatic carbocycles. The first-order valence-electron chi connectivity index (χ1n) is 29.3. The number of hydrogen-bond acceptors (Lipinski definition) is 6. The van der Waals surface area contributed by atoms with Crippen LogP contribution < -0.4 is 31.9 Å². The predicted octanol–water partition coefficient (Wildman–Crippen LogP) is 12.9. The van der Waals surface area contributed by atoms with Gasteiger partial charge in [-0.25, -0.2) is 0 Å². The number of carbonyl (C=O) groups is 6. The van der Waals surface area contributed by atoms with Crippen molar-refractivity contribution in [3.05, 3.63) is 232 Å². The van der Waals surface area contributed by atoms with Gasteiger partial charge in [-0.05, 0) is 198 Å². The van der Waals surface area contributed by atoms with Crippen molar-refractivity contribution in [1.82, 2.24) is 16.0 Å². The summed E-state index contributed by atoms with van der Waals surface area (Å²) >= 11 is 0. The summed E-state index contributed by atoms with van der Waals surface area (Å²) in [6.07, 6.45) is 1.09. The highest BCUT2D eigenvalue weighted by molar-refractivity contribution is 6.04. The van der Waals surface area contributed by atoms with Crippen LogP contribution in [0.25, 0.3) is 33.4 Å². The molecular formula is C75H66N6O6. The molecule has 18 bridgehead atoms. The maximum Gasteiger partial charge on any atom is 0.251 e. The van der Waals surface area contributed by atoms with Gasteiger partial charge < -0.3 is 31.9 Å². The largest absolute Gasteiger partial charge is 0.340 e. The van der Waals surface area contributed by atoms with Crippen molar-refractivity contribution < 1.29 is 28.8 Å². The van der Waals surface area contributed by atoms with Crippen LogP contribution in [0.4, 0.5) is 17.1 Å². The molecule has 3 atom stereocenters. The molecule has 3 heterocycles. The molecule has 6 N–H and O–H groups in total. The molecule has 87 heavy (non-hydrogen) atoms. The highest BCUT2D eigenvalue weighted by Gasteiger charge is 2.27. The van der Waals surface area contributed by atoms with Crippen LogP contribution in [-0.2, 0) is 14.4 Å². The number of anilines is 3. The smallest absolute Gasteiger partial charge is 0.251 e. The van der Waals surface area contributed by atoms with Gasteiger partial charge in [-0.15, -0.1) is 0 Å². The van der Waals surface area contributed by atoms with Crippen LogP contribution >= 0.6 is 0 Å². The van der Waals surface area contributed by atoms with E-state index in [-0.39, 0.29) is 35.5 Å². The van der Waals surface area contributed by atoms with Crippen LogP contribution in [0.15, 0.2) is 182 Å². The van der Waals surface area contributed by atoms with Crippen molar-refractivity contribution in [1.29, 1.82) is 0 Å². The van der Waals surface area contributed by atoms with Crippen molar-refractivity contribution in [2.75, 3.05) is 16.0 Å². The molecule has 0 aromatic heterocycles. The number of fused-ring (bicyclic) bond motifs is 12. The first kappa shape index (κ1) is 59.4. The van der Waals surface area contributed by atoms with Crippen molar-refractivity contribution in [2.24, 2.45) is 17.8 Å². The molecule has 0 unspecified atom stereocenters. The molecule has 8 aromatic rings. The number of hydrogen-bond donors (Lipinski definition) is 6. The summed E-state index contributed by atoms with van der Waals surface area (Å²) in [4.78, 5) is 85.6. The summed E-state index contributed by atoms with van der Waals surface area (Å²) < 4.78 is 0. The number of amides is 6. The topological polar surface area (TPSA) is 175 Å². The number of nitrogens with one attached hydrogen (secondary N) is 6. The van der Waals surface area contributed by atoms with Crippen molar-refractivity contribution in [2.45, 2.75) is 78.9 Å². The van der Waals surface area contributed by atoms with Gasteiger partial charge in [0.15, 0.2) is 0 Å². The van der Waals surface area contributed by atoms with Gasteiger partial charge in [-0.3, -0.25) is 28.8 Å². The van der Waals surface area contributed by atoms with E-state index in [0.717, 1.165) is 33.4 Å². The zero-order valence-electron chi connectivity index (χ0n) is 49.4. The average Bonchev–Trinajstić information content (AvgIpc) is 3.63. The Bertz CT molecular complexity index is 3770. The zero-order chi connectivity index (χ0) is 61.1. The molecule has 3 aliphatic heterocycles. The number of benzene rings is 8. The van der Waals surface area contributed by atoms with Gasteiger partial charge in [0.05, 0.1) is 0 Å². The SMILES string of the molecule is CC(C)C[C@@H]1NC(=O)c2cccc(c2)C#Cc2cc3cc(c2)C#Cc2cccc(c2)C(=O)N[C@@H](CC(C)C)C(=O)Nc2cccc(c2)-c2cc(cc(c2)-c2cccc(c2)NC(=O)[C@H](CC(C)C)NC(=O)c2cccc(c2)C#C3)-c2cccc(c2)NC1=O. The first-order chi connectivity index (χ1) is 41.9. The maximum atomic E-state index is 14.4. The standard InChI is InChI=1S/C75H66N6O6/c1-46(2)31-67-73(85)76-64-22-10-16-55(43-64)61-40-62-42-63(41-61)57-18-12-24-66(45-57)78-75(87)69(33-48(5)6)81-72(84)60-21-9-15-51(39-60)27-30-54-35-52(28-25-49-13-7-19-58(37-49)70(82)79-67)34-53(36-54)29-26-50-14-8-20-59(38-50)71(83)80-68(32-47(3)4)74(86)77-65-23-11-17-56(62)44-65/h7-24,34-48,67-69H,31-33H2,1-6H3,(H,76,85)(H,77,86)(H,78,87)(H,79,82)(H,80,83)(H,81,84)/t67-,68-,69-/m0/s1. The lowest BCUT2D eigenvalue weighted by Gasteiger charge is -2.21. The molecule has 0 aliphatic carbocycles. The van der Waals surface area contributed by atoms with Crippen LogP contribution in [0, 0.1) is 53.3 Å². The normalized spacial score (nSPS) is 16.0. The van der Waals surface area contributed by atoms with E-state index < -0.39 is 35.8 Å². The lowest BCUT2D eigenvalue weighted by molar-refractivity contribution is -0.119. The Morgan fingerprint density at radius 3 is 0.816 bits per heavy atom. The Hall–Kier alpha value is -10.7. The van der Waals surface area contributed by atoms with Gasteiger partial charge in [0, 0.05) is 67.1 Å². The Morgan fingerprint density at radius 1 is 0.287 bits per heavy atom. The van der Waals surface area contributed by atoms with Crippen LogP contribution in [0.2, 0.25) is 0 Å². The second-order valence-corrected chi connectivity index (χ2v) is 23.3. The summed E-state index contributed by atoms with van der Waals surface area (Å²) in [5, 5.41) is 18.3. The average molecular weight is 1150 g/mol. The fourth-order valence-corrected chi connectivity index (χ4v) is 10.5. The Kier molecular flexibility index (Phi) is 18.4. The number of carbonyl (C=O) groups excluding carboxylic acids is 6. The molecule has 3 aliphatic rings. The summed E-state index contributed by atoms with van der Waals surface area (Å²) in [5.74, 6) is 17.0. The van der Waals surface area contributed by atoms with E-state index in [9.17, 15) is 28.8 Å². The van der Waals surface area contributed by atoms with Gasteiger partial charge in [-0.2, -0.15) is 0 Å². The molecule has 12 nitrogen and oxygen atoms in total. The van der Waals surface area contributed by atoms with Crippen LogP contribution in [0.3, 0.4) is 0 Å². The van der Waals surface area contributed by atoms with Gasteiger partial charge in [0.1, 0.15) is 18.1 Å². The molecule has 6 amide bonds. The first-order valence-corrected chi connectivity index (χ1v) is 29.3. The fraction of sp³-hybridized carbons (Fsp3) is 0.200. The highest BCUT2D eigenvalue weighted by Crippen LogP contribution is 2.36.